The molecule has 0 radical (unpaired) electrons. The number of anilines is 1. The van der Waals surface area contributed by atoms with Crippen LogP contribution in [-0.4, -0.2) is 38.1 Å². The number of carbonyl (C=O) groups is 1. The Morgan fingerprint density at radius 2 is 1.95 bits per heavy atom. The normalized spacial score (nSPS) is 18.9. The Bertz CT molecular complexity index is 413. The van der Waals surface area contributed by atoms with E-state index in [9.17, 15) is 4.79 Å². The van der Waals surface area contributed by atoms with Crippen LogP contribution in [0.5, 0.6) is 0 Å². The molecule has 19 heavy (non-hydrogen) atoms. The van der Waals surface area contributed by atoms with Crippen molar-refractivity contribution in [3.05, 3.63) is 29.8 Å². The Balaban J connectivity index is 2.03. The highest BCUT2D eigenvalue weighted by Crippen LogP contribution is 2.19. The quantitative estimate of drug-likeness (QED) is 0.814. The second-order valence-electron chi connectivity index (χ2n) is 5.15. The fourth-order valence-electron chi connectivity index (χ4n) is 2.28. The first-order valence-corrected chi connectivity index (χ1v) is 6.84. The van der Waals surface area contributed by atoms with Crippen molar-refractivity contribution in [3.63, 3.8) is 0 Å². The molecule has 0 bridgehead atoms. The Kier molecular flexibility index (Phi) is 4.56. The van der Waals surface area contributed by atoms with Crippen LogP contribution in [0.1, 0.15) is 18.9 Å². The number of nitrogens with two attached hydrogens (primary N) is 1. The average molecular weight is 262 g/mol. The first-order chi connectivity index (χ1) is 9.17. The standard InChI is InChI=1S/C15H22N2O2/c1-2-15(16,12-18)11-13-3-5-14(6-4-13)17-7-9-19-10-8-17/h3-6,12H,2,7-11,16H2,1H3. The number of carbonyl (C=O) groups excluding carboxylic acids is 1. The topological polar surface area (TPSA) is 55.6 Å². The van der Waals surface area contributed by atoms with Crippen LogP contribution in [0.2, 0.25) is 0 Å². The summed E-state index contributed by atoms with van der Waals surface area (Å²) in [7, 11) is 0. The van der Waals surface area contributed by atoms with Gasteiger partial charge < -0.3 is 20.2 Å². The van der Waals surface area contributed by atoms with Gasteiger partial charge in [-0.2, -0.15) is 0 Å². The van der Waals surface area contributed by atoms with Crippen molar-refractivity contribution in [1.29, 1.82) is 0 Å². The molecule has 1 aromatic rings. The van der Waals surface area contributed by atoms with E-state index in [-0.39, 0.29) is 0 Å². The van der Waals surface area contributed by atoms with Crippen LogP contribution in [0.4, 0.5) is 5.69 Å². The predicted molar refractivity (Wildman–Crippen MR) is 76.5 cm³/mol. The van der Waals surface area contributed by atoms with E-state index in [0.29, 0.717) is 12.8 Å². The van der Waals surface area contributed by atoms with Gasteiger partial charge in [0.1, 0.15) is 6.29 Å². The van der Waals surface area contributed by atoms with Gasteiger partial charge in [-0.25, -0.2) is 0 Å². The van der Waals surface area contributed by atoms with Gasteiger partial charge in [0.2, 0.25) is 0 Å². The summed E-state index contributed by atoms with van der Waals surface area (Å²) >= 11 is 0. The largest absolute Gasteiger partial charge is 0.378 e. The Morgan fingerprint density at radius 3 is 2.47 bits per heavy atom. The van der Waals surface area contributed by atoms with Crippen LogP contribution >= 0.6 is 0 Å². The molecular weight excluding hydrogens is 240 g/mol. The highest BCUT2D eigenvalue weighted by Gasteiger charge is 2.22. The molecule has 1 atom stereocenters. The second-order valence-corrected chi connectivity index (χ2v) is 5.15. The lowest BCUT2D eigenvalue weighted by atomic mass is 9.91. The molecule has 0 amide bonds. The fourth-order valence-corrected chi connectivity index (χ4v) is 2.28. The highest BCUT2D eigenvalue weighted by molar-refractivity contribution is 5.64. The molecule has 1 aliphatic heterocycles. The second kappa shape index (κ2) is 6.17. The smallest absolute Gasteiger partial charge is 0.140 e. The maximum absolute atomic E-state index is 11.0. The molecular formula is C15H22N2O2. The van der Waals surface area contributed by atoms with Crippen LogP contribution in [0.15, 0.2) is 24.3 Å². The molecule has 1 fully saturated rings. The van der Waals surface area contributed by atoms with E-state index in [1.165, 1.54) is 5.69 Å². The third-order valence-corrected chi connectivity index (χ3v) is 3.74. The molecule has 1 saturated heterocycles. The van der Waals surface area contributed by atoms with Gasteiger partial charge in [-0.05, 0) is 30.5 Å². The summed E-state index contributed by atoms with van der Waals surface area (Å²) in [6.45, 7) is 5.38. The van der Waals surface area contributed by atoms with E-state index in [4.69, 9.17) is 10.5 Å². The molecule has 1 aromatic carbocycles. The number of hydrogen-bond acceptors (Lipinski definition) is 4. The van der Waals surface area contributed by atoms with Crippen molar-refractivity contribution in [2.75, 3.05) is 31.2 Å². The van der Waals surface area contributed by atoms with E-state index >= 15 is 0 Å². The third kappa shape index (κ3) is 3.55. The summed E-state index contributed by atoms with van der Waals surface area (Å²) in [6.07, 6.45) is 2.11. The maximum Gasteiger partial charge on any atom is 0.140 e. The zero-order valence-electron chi connectivity index (χ0n) is 11.5. The van der Waals surface area contributed by atoms with Crippen LogP contribution < -0.4 is 10.6 Å². The number of hydrogen-bond donors (Lipinski definition) is 1. The van der Waals surface area contributed by atoms with Gasteiger partial charge in [0, 0.05) is 18.8 Å². The van der Waals surface area contributed by atoms with Crippen molar-refractivity contribution in [2.45, 2.75) is 25.3 Å². The SMILES string of the molecule is CCC(N)(C=O)Cc1ccc(N2CCOCC2)cc1. The summed E-state index contributed by atoms with van der Waals surface area (Å²) in [5, 5.41) is 0. The molecule has 1 heterocycles. The average Bonchev–Trinajstić information content (AvgIpc) is 2.49. The Morgan fingerprint density at radius 1 is 1.32 bits per heavy atom. The monoisotopic (exact) mass is 262 g/mol. The Hall–Kier alpha value is -1.39. The van der Waals surface area contributed by atoms with E-state index < -0.39 is 5.54 Å². The molecule has 0 saturated carbocycles. The molecule has 2 N–H and O–H groups in total. The molecule has 0 aliphatic carbocycles. The molecule has 1 aliphatic rings. The Labute approximate surface area is 114 Å². The van der Waals surface area contributed by atoms with Gasteiger partial charge >= 0.3 is 0 Å². The van der Waals surface area contributed by atoms with E-state index in [0.717, 1.165) is 38.2 Å². The molecule has 1 unspecified atom stereocenters. The number of aldehydes is 1. The first-order valence-electron chi connectivity index (χ1n) is 6.84. The van der Waals surface area contributed by atoms with Gasteiger partial charge in [-0.1, -0.05) is 19.1 Å². The van der Waals surface area contributed by atoms with Crippen molar-refractivity contribution >= 4 is 12.0 Å². The molecule has 0 aromatic heterocycles. The van der Waals surface area contributed by atoms with Crippen LogP contribution in [-0.2, 0) is 16.0 Å². The zero-order valence-corrected chi connectivity index (χ0v) is 11.5. The van der Waals surface area contributed by atoms with Gasteiger partial charge in [0.25, 0.3) is 0 Å². The van der Waals surface area contributed by atoms with Crippen LogP contribution in [0, 0.1) is 0 Å². The van der Waals surface area contributed by atoms with Crippen molar-refractivity contribution < 1.29 is 9.53 Å². The van der Waals surface area contributed by atoms with Gasteiger partial charge in [-0.15, -0.1) is 0 Å². The summed E-state index contributed by atoms with van der Waals surface area (Å²) < 4.78 is 5.34. The first kappa shape index (κ1) is 14.0. The third-order valence-electron chi connectivity index (χ3n) is 3.74. The summed E-state index contributed by atoms with van der Waals surface area (Å²) in [4.78, 5) is 13.3. The lowest BCUT2D eigenvalue weighted by Gasteiger charge is -2.29. The van der Waals surface area contributed by atoms with Gasteiger partial charge in [0.05, 0.1) is 18.8 Å². The minimum atomic E-state index is -0.736. The zero-order chi connectivity index (χ0) is 13.7. The fraction of sp³-hybridized carbons (Fsp3) is 0.533. The van der Waals surface area contributed by atoms with Crippen molar-refractivity contribution in [1.82, 2.24) is 0 Å². The molecule has 4 heteroatoms. The number of nitrogens with zero attached hydrogens (tertiary/aromatic N) is 1. The number of rotatable bonds is 5. The van der Waals surface area contributed by atoms with E-state index in [2.05, 4.69) is 29.2 Å². The minimum absolute atomic E-state index is 0.594. The van der Waals surface area contributed by atoms with Crippen LogP contribution in [0.25, 0.3) is 0 Å². The summed E-state index contributed by atoms with van der Waals surface area (Å²) in [5.41, 5.74) is 7.59. The lowest BCUT2D eigenvalue weighted by molar-refractivity contribution is -0.112. The lowest BCUT2D eigenvalue weighted by Crippen LogP contribution is -2.43. The van der Waals surface area contributed by atoms with E-state index in [1.807, 2.05) is 6.92 Å². The minimum Gasteiger partial charge on any atom is -0.378 e. The van der Waals surface area contributed by atoms with Gasteiger partial charge in [0.15, 0.2) is 0 Å². The van der Waals surface area contributed by atoms with Crippen LogP contribution in [0.3, 0.4) is 0 Å². The highest BCUT2D eigenvalue weighted by atomic mass is 16.5. The van der Waals surface area contributed by atoms with Crippen molar-refractivity contribution in [2.24, 2.45) is 5.73 Å². The summed E-state index contributed by atoms with van der Waals surface area (Å²) in [6, 6.07) is 8.32. The molecule has 104 valence electrons. The maximum atomic E-state index is 11.0. The number of morpholine rings is 1. The number of benzene rings is 1. The predicted octanol–water partition coefficient (Wildman–Crippen LogP) is 1.37. The number of ether oxygens (including phenoxy) is 1. The summed E-state index contributed by atoms with van der Waals surface area (Å²) in [5.74, 6) is 0. The van der Waals surface area contributed by atoms with E-state index in [1.54, 1.807) is 0 Å². The molecule has 0 spiro atoms. The molecule has 4 nitrogen and oxygen atoms in total. The van der Waals surface area contributed by atoms with Gasteiger partial charge in [-0.3, -0.25) is 0 Å². The van der Waals surface area contributed by atoms with Crippen molar-refractivity contribution in [3.8, 4) is 0 Å². The molecule has 2 rings (SSSR count).